The summed E-state index contributed by atoms with van der Waals surface area (Å²) in [5.74, 6) is 1.95. The summed E-state index contributed by atoms with van der Waals surface area (Å²) in [5, 5.41) is 0. The number of para-hydroxylation sites is 1. The Morgan fingerprint density at radius 1 is 1.19 bits per heavy atom. The first-order valence-corrected chi connectivity index (χ1v) is 5.50. The molecule has 0 aliphatic heterocycles. The molecule has 1 fully saturated rings. The van der Waals surface area contributed by atoms with Crippen molar-refractivity contribution >= 4 is 0 Å². The second kappa shape index (κ2) is 3.67. The maximum atomic E-state index is 6.10. The lowest BCUT2D eigenvalue weighted by Gasteiger charge is -2.13. The number of benzene rings is 1. The topological polar surface area (TPSA) is 44.5 Å². The van der Waals surface area contributed by atoms with E-state index in [0.29, 0.717) is 5.92 Å². The minimum Gasteiger partial charge on any atom is -0.493 e. The molecule has 88 valence electrons. The van der Waals surface area contributed by atoms with E-state index in [9.17, 15) is 0 Å². The number of hydrogen-bond acceptors (Lipinski definition) is 3. The van der Waals surface area contributed by atoms with Crippen LogP contribution in [0.15, 0.2) is 18.2 Å². The fourth-order valence-corrected chi connectivity index (χ4v) is 2.43. The standard InChI is InChI=1S/C13H19NO2/c1-13(2)10(12(13)14)8-6-5-7-9(15-3)11(8)16-4/h5-7,10,12H,14H2,1-4H3/t10-,12-/m0/s1. The van der Waals surface area contributed by atoms with Crippen LogP contribution in [0.3, 0.4) is 0 Å². The second-order valence-electron chi connectivity index (χ2n) is 4.91. The van der Waals surface area contributed by atoms with E-state index < -0.39 is 0 Å². The van der Waals surface area contributed by atoms with Gasteiger partial charge in [0.25, 0.3) is 0 Å². The lowest BCUT2D eigenvalue weighted by Crippen LogP contribution is -2.06. The van der Waals surface area contributed by atoms with Crippen LogP contribution in [-0.4, -0.2) is 20.3 Å². The van der Waals surface area contributed by atoms with Crippen LogP contribution in [0.5, 0.6) is 11.5 Å². The number of nitrogens with two attached hydrogens (primary N) is 1. The van der Waals surface area contributed by atoms with Gasteiger partial charge in [0, 0.05) is 17.5 Å². The third-order valence-corrected chi connectivity index (χ3v) is 3.68. The Morgan fingerprint density at radius 2 is 1.81 bits per heavy atom. The van der Waals surface area contributed by atoms with E-state index in [-0.39, 0.29) is 11.5 Å². The number of methoxy groups -OCH3 is 2. The summed E-state index contributed by atoms with van der Waals surface area (Å²) in [6.07, 6.45) is 0. The summed E-state index contributed by atoms with van der Waals surface area (Å²) in [4.78, 5) is 0. The molecule has 0 unspecified atom stereocenters. The summed E-state index contributed by atoms with van der Waals surface area (Å²) in [6.45, 7) is 4.36. The highest BCUT2D eigenvalue weighted by Gasteiger charge is 2.57. The lowest BCUT2D eigenvalue weighted by atomic mass is 10.0. The first kappa shape index (κ1) is 11.3. The van der Waals surface area contributed by atoms with Crippen molar-refractivity contribution in [2.45, 2.75) is 25.8 Å². The molecule has 0 amide bonds. The Hall–Kier alpha value is -1.22. The highest BCUT2D eigenvalue weighted by molar-refractivity contribution is 5.52. The van der Waals surface area contributed by atoms with Crippen LogP contribution in [0.1, 0.15) is 25.3 Å². The maximum absolute atomic E-state index is 6.10. The molecule has 1 saturated carbocycles. The van der Waals surface area contributed by atoms with E-state index in [4.69, 9.17) is 15.2 Å². The van der Waals surface area contributed by atoms with Crippen LogP contribution in [0.25, 0.3) is 0 Å². The monoisotopic (exact) mass is 221 g/mol. The van der Waals surface area contributed by atoms with Gasteiger partial charge in [-0.15, -0.1) is 0 Å². The molecule has 2 atom stereocenters. The average molecular weight is 221 g/mol. The van der Waals surface area contributed by atoms with Gasteiger partial charge in [-0.2, -0.15) is 0 Å². The van der Waals surface area contributed by atoms with Crippen molar-refractivity contribution in [2.24, 2.45) is 11.1 Å². The molecule has 3 heteroatoms. The quantitative estimate of drug-likeness (QED) is 0.850. The van der Waals surface area contributed by atoms with E-state index in [1.807, 2.05) is 12.1 Å². The van der Waals surface area contributed by atoms with Gasteiger partial charge in [0.15, 0.2) is 11.5 Å². The minimum absolute atomic E-state index is 0.152. The Morgan fingerprint density at radius 3 is 2.25 bits per heavy atom. The molecule has 1 aliphatic carbocycles. The molecule has 1 aliphatic rings. The van der Waals surface area contributed by atoms with Crippen molar-refractivity contribution in [2.75, 3.05) is 14.2 Å². The predicted octanol–water partition coefficient (Wildman–Crippen LogP) is 2.15. The minimum atomic E-state index is 0.152. The van der Waals surface area contributed by atoms with Gasteiger partial charge in [-0.25, -0.2) is 0 Å². The molecule has 0 spiro atoms. The fourth-order valence-electron chi connectivity index (χ4n) is 2.43. The Labute approximate surface area is 96.5 Å². The summed E-state index contributed by atoms with van der Waals surface area (Å²) in [5.41, 5.74) is 7.40. The highest BCUT2D eigenvalue weighted by Crippen LogP contribution is 2.60. The number of hydrogen-bond donors (Lipinski definition) is 1. The Balaban J connectivity index is 2.43. The van der Waals surface area contributed by atoms with E-state index >= 15 is 0 Å². The van der Waals surface area contributed by atoms with Gasteiger partial charge in [-0.1, -0.05) is 26.0 Å². The van der Waals surface area contributed by atoms with Gasteiger partial charge in [-0.3, -0.25) is 0 Å². The molecule has 16 heavy (non-hydrogen) atoms. The zero-order valence-electron chi connectivity index (χ0n) is 10.3. The van der Waals surface area contributed by atoms with Gasteiger partial charge in [-0.05, 0) is 11.5 Å². The van der Waals surface area contributed by atoms with Gasteiger partial charge < -0.3 is 15.2 Å². The number of ether oxygens (including phenoxy) is 2. The van der Waals surface area contributed by atoms with E-state index in [1.54, 1.807) is 14.2 Å². The predicted molar refractivity (Wildman–Crippen MR) is 64.0 cm³/mol. The Kier molecular flexibility index (Phi) is 2.58. The van der Waals surface area contributed by atoms with Crippen LogP contribution in [0, 0.1) is 5.41 Å². The summed E-state index contributed by atoms with van der Waals surface area (Å²) in [7, 11) is 3.32. The molecule has 0 aromatic heterocycles. The summed E-state index contributed by atoms with van der Waals surface area (Å²) >= 11 is 0. The van der Waals surface area contributed by atoms with Crippen LogP contribution in [0.2, 0.25) is 0 Å². The van der Waals surface area contributed by atoms with Crippen LogP contribution in [0.4, 0.5) is 0 Å². The molecule has 1 aromatic rings. The average Bonchev–Trinajstić information content (AvgIpc) is 2.77. The molecule has 2 rings (SSSR count). The van der Waals surface area contributed by atoms with E-state index in [1.165, 1.54) is 0 Å². The molecular weight excluding hydrogens is 202 g/mol. The maximum Gasteiger partial charge on any atom is 0.164 e. The second-order valence-corrected chi connectivity index (χ2v) is 4.91. The number of rotatable bonds is 3. The van der Waals surface area contributed by atoms with Crippen LogP contribution < -0.4 is 15.2 Å². The molecule has 3 nitrogen and oxygen atoms in total. The zero-order valence-corrected chi connectivity index (χ0v) is 10.3. The SMILES string of the molecule is COc1cccc([C@H]2[C@H](N)C2(C)C)c1OC. The van der Waals surface area contributed by atoms with Gasteiger partial charge >= 0.3 is 0 Å². The van der Waals surface area contributed by atoms with E-state index in [2.05, 4.69) is 19.9 Å². The van der Waals surface area contributed by atoms with E-state index in [0.717, 1.165) is 17.1 Å². The van der Waals surface area contributed by atoms with Crippen LogP contribution >= 0.6 is 0 Å². The molecule has 0 bridgehead atoms. The van der Waals surface area contributed by atoms with Crippen LogP contribution in [-0.2, 0) is 0 Å². The largest absolute Gasteiger partial charge is 0.493 e. The van der Waals surface area contributed by atoms with Crippen molar-refractivity contribution in [1.82, 2.24) is 0 Å². The Bertz CT molecular complexity index is 401. The zero-order chi connectivity index (χ0) is 11.9. The third kappa shape index (κ3) is 1.47. The first-order valence-electron chi connectivity index (χ1n) is 5.50. The molecule has 0 heterocycles. The van der Waals surface area contributed by atoms with Crippen molar-refractivity contribution < 1.29 is 9.47 Å². The molecule has 0 radical (unpaired) electrons. The normalized spacial score (nSPS) is 26.3. The van der Waals surface area contributed by atoms with Gasteiger partial charge in [0.2, 0.25) is 0 Å². The molecule has 0 saturated heterocycles. The fraction of sp³-hybridized carbons (Fsp3) is 0.538. The molecule has 2 N–H and O–H groups in total. The summed E-state index contributed by atoms with van der Waals surface area (Å²) in [6, 6.07) is 6.16. The van der Waals surface area contributed by atoms with Crippen molar-refractivity contribution in [3.63, 3.8) is 0 Å². The summed E-state index contributed by atoms with van der Waals surface area (Å²) < 4.78 is 10.7. The smallest absolute Gasteiger partial charge is 0.164 e. The molecule has 1 aromatic carbocycles. The highest BCUT2D eigenvalue weighted by atomic mass is 16.5. The van der Waals surface area contributed by atoms with Crippen molar-refractivity contribution in [3.05, 3.63) is 23.8 Å². The van der Waals surface area contributed by atoms with Gasteiger partial charge in [0.05, 0.1) is 14.2 Å². The first-order chi connectivity index (χ1) is 7.54. The molecular formula is C13H19NO2. The van der Waals surface area contributed by atoms with Gasteiger partial charge in [0.1, 0.15) is 0 Å². The van der Waals surface area contributed by atoms with Crippen molar-refractivity contribution in [1.29, 1.82) is 0 Å². The van der Waals surface area contributed by atoms with Crippen molar-refractivity contribution in [3.8, 4) is 11.5 Å². The third-order valence-electron chi connectivity index (χ3n) is 3.68. The lowest BCUT2D eigenvalue weighted by molar-refractivity contribution is 0.350.